The van der Waals surface area contributed by atoms with Crippen LogP contribution in [0.25, 0.3) is 0 Å². The van der Waals surface area contributed by atoms with Crippen molar-refractivity contribution < 1.29 is 9.53 Å². The van der Waals surface area contributed by atoms with Crippen molar-refractivity contribution in [3.8, 4) is 0 Å². The summed E-state index contributed by atoms with van der Waals surface area (Å²) in [5, 5.41) is 0.815. The Morgan fingerprint density at radius 2 is 2.30 bits per heavy atom. The van der Waals surface area contributed by atoms with Crippen molar-refractivity contribution in [2.24, 2.45) is 5.92 Å². The van der Waals surface area contributed by atoms with Gasteiger partial charge in [0, 0.05) is 0 Å². The summed E-state index contributed by atoms with van der Waals surface area (Å²) >= 11 is 2.88. The summed E-state index contributed by atoms with van der Waals surface area (Å²) in [6, 6.07) is 0.195. The molecular formula is C14H23NO2S2Se. The molecular weight excluding hydrogens is 357 g/mol. The van der Waals surface area contributed by atoms with E-state index < -0.39 is 0 Å². The van der Waals surface area contributed by atoms with Gasteiger partial charge in [-0.15, -0.1) is 0 Å². The molecule has 1 unspecified atom stereocenters. The molecule has 0 N–H and O–H groups in total. The minimum absolute atomic E-state index is 0.195. The average Bonchev–Trinajstić information content (AvgIpc) is 3.03. The van der Waals surface area contributed by atoms with Gasteiger partial charge in [-0.1, -0.05) is 0 Å². The van der Waals surface area contributed by atoms with Gasteiger partial charge in [0.05, 0.1) is 0 Å². The summed E-state index contributed by atoms with van der Waals surface area (Å²) in [5.74, 6) is 1.93. The van der Waals surface area contributed by atoms with Gasteiger partial charge in [0.25, 0.3) is 0 Å². The van der Waals surface area contributed by atoms with Crippen LogP contribution in [0, 0.1) is 5.92 Å². The fraction of sp³-hybridized carbons (Fsp3) is 0.857. The number of nitrogens with zero attached hydrogens (tertiary/aromatic N) is 1. The monoisotopic (exact) mass is 381 g/mol. The zero-order valence-electron chi connectivity index (χ0n) is 12.2. The van der Waals surface area contributed by atoms with Crippen LogP contribution in [0.4, 0.5) is 0 Å². The Kier molecular flexibility index (Phi) is 6.79. The third kappa shape index (κ3) is 4.43. The van der Waals surface area contributed by atoms with Crippen LogP contribution in [0.1, 0.15) is 46.0 Å². The van der Waals surface area contributed by atoms with Gasteiger partial charge in [-0.25, -0.2) is 0 Å². The third-order valence-corrected chi connectivity index (χ3v) is 7.50. The Hall–Kier alpha value is 0.359. The molecule has 0 bridgehead atoms. The first-order valence-corrected chi connectivity index (χ1v) is 10.6. The number of carbonyl (C=O) groups excluding carboxylic acids is 1. The van der Waals surface area contributed by atoms with Crippen LogP contribution in [0.15, 0.2) is 0 Å². The first-order valence-electron chi connectivity index (χ1n) is 7.36. The normalized spacial score (nSPS) is 26.4. The van der Waals surface area contributed by atoms with Crippen LogP contribution in [-0.4, -0.2) is 54.8 Å². The number of carbonyl (C=O) groups is 1. The molecule has 0 aromatic rings. The Morgan fingerprint density at radius 3 is 2.95 bits per heavy atom. The number of hydrogen-bond acceptors (Lipinski definition) is 4. The van der Waals surface area contributed by atoms with Crippen LogP contribution >= 0.6 is 21.6 Å². The van der Waals surface area contributed by atoms with Gasteiger partial charge < -0.3 is 0 Å². The summed E-state index contributed by atoms with van der Waals surface area (Å²) in [5.41, 5.74) is 0. The molecule has 1 amide bonds. The zero-order chi connectivity index (χ0) is 14.5. The Morgan fingerprint density at radius 1 is 1.50 bits per heavy atom. The van der Waals surface area contributed by atoms with E-state index in [1.54, 1.807) is 0 Å². The van der Waals surface area contributed by atoms with Crippen molar-refractivity contribution in [3.63, 3.8) is 0 Å². The predicted octanol–water partition coefficient (Wildman–Crippen LogP) is 2.84. The van der Waals surface area contributed by atoms with E-state index in [2.05, 4.69) is 29.4 Å². The molecule has 6 heteroatoms. The number of unbranched alkanes of at least 4 members (excludes halogenated alkanes) is 1. The second-order valence-electron chi connectivity index (χ2n) is 5.73. The van der Waals surface area contributed by atoms with E-state index in [0.717, 1.165) is 18.1 Å². The van der Waals surface area contributed by atoms with Crippen molar-refractivity contribution in [1.82, 2.24) is 4.90 Å². The molecule has 2 saturated heterocycles. The van der Waals surface area contributed by atoms with Gasteiger partial charge in [-0.3, -0.25) is 0 Å². The van der Waals surface area contributed by atoms with Gasteiger partial charge in [0.1, 0.15) is 0 Å². The Labute approximate surface area is 137 Å². The van der Waals surface area contributed by atoms with Gasteiger partial charge in [-0.05, 0) is 0 Å². The fourth-order valence-corrected chi connectivity index (χ4v) is 6.21. The predicted molar refractivity (Wildman–Crippen MR) is 89.1 cm³/mol. The second-order valence-corrected chi connectivity index (χ2v) is 9.25. The van der Waals surface area contributed by atoms with E-state index in [-0.39, 0.29) is 11.9 Å². The van der Waals surface area contributed by atoms with Crippen molar-refractivity contribution in [2.75, 3.05) is 12.4 Å². The van der Waals surface area contributed by atoms with Crippen LogP contribution in [0.3, 0.4) is 0 Å². The van der Waals surface area contributed by atoms with Crippen molar-refractivity contribution >= 4 is 47.8 Å². The molecule has 2 aliphatic rings. The number of ether oxygens (including phenoxy) is 1. The van der Waals surface area contributed by atoms with Crippen LogP contribution in [0.5, 0.6) is 0 Å². The fourth-order valence-electron chi connectivity index (χ4n) is 2.55. The van der Waals surface area contributed by atoms with Crippen LogP contribution in [-0.2, 0) is 9.53 Å². The van der Waals surface area contributed by atoms with Crippen molar-refractivity contribution in [3.05, 3.63) is 0 Å². The average molecular weight is 380 g/mol. The standard InChI is InChI=1S/C14H23NO2S2Se/c1-10(2)12-9-17-14(20)15(12)13(16)6-4-3-5-11-7-8-18-19-11/h10-12H,3-9H2,1-2H3/t11?,12-/m1/s1. The molecule has 0 aromatic heterocycles. The molecule has 0 aromatic carbocycles. The molecule has 3 nitrogen and oxygen atoms in total. The van der Waals surface area contributed by atoms with Crippen LogP contribution in [0.2, 0.25) is 0 Å². The van der Waals surface area contributed by atoms with E-state index in [1.165, 1.54) is 18.6 Å². The third-order valence-electron chi connectivity index (χ3n) is 3.84. The summed E-state index contributed by atoms with van der Waals surface area (Å²) in [7, 11) is 4.01. The molecule has 2 fully saturated rings. The molecule has 0 aliphatic carbocycles. The van der Waals surface area contributed by atoms with E-state index in [4.69, 9.17) is 4.74 Å². The molecule has 2 atom stereocenters. The Balaban J connectivity index is 1.71. The minimum atomic E-state index is 0.195. The maximum absolute atomic E-state index is 12.4. The summed E-state index contributed by atoms with van der Waals surface area (Å²) in [6.07, 6.45) is 5.38. The SMILES string of the molecule is CC(C)[C@H]1COC(=[Se])N1C(=O)CCCCC1CCSS1. The summed E-state index contributed by atoms with van der Waals surface area (Å²) in [4.78, 5) is 14.2. The first-order chi connectivity index (χ1) is 9.59. The van der Waals surface area contributed by atoms with Gasteiger partial charge >= 0.3 is 138 Å². The second kappa shape index (κ2) is 8.11. The van der Waals surface area contributed by atoms with E-state index >= 15 is 0 Å². The molecule has 0 spiro atoms. The van der Waals surface area contributed by atoms with Gasteiger partial charge in [0.15, 0.2) is 0 Å². The van der Waals surface area contributed by atoms with Crippen molar-refractivity contribution in [1.29, 1.82) is 0 Å². The summed E-state index contributed by atoms with van der Waals surface area (Å²) < 4.78 is 6.17. The molecule has 2 aliphatic heterocycles. The quantitative estimate of drug-likeness (QED) is 0.403. The summed E-state index contributed by atoms with van der Waals surface area (Å²) in [6.45, 7) is 4.91. The zero-order valence-corrected chi connectivity index (χ0v) is 15.5. The molecule has 0 saturated carbocycles. The van der Waals surface area contributed by atoms with E-state index in [9.17, 15) is 4.79 Å². The Bertz CT molecular complexity index is 359. The van der Waals surface area contributed by atoms with Crippen molar-refractivity contribution in [2.45, 2.75) is 57.2 Å². The van der Waals surface area contributed by atoms with E-state index in [1.807, 2.05) is 26.5 Å². The van der Waals surface area contributed by atoms with Gasteiger partial charge in [-0.2, -0.15) is 0 Å². The maximum atomic E-state index is 12.4. The molecule has 20 heavy (non-hydrogen) atoms. The number of amides is 1. The number of hydrogen-bond donors (Lipinski definition) is 0. The topological polar surface area (TPSA) is 29.5 Å². The number of rotatable bonds is 6. The van der Waals surface area contributed by atoms with Crippen LogP contribution < -0.4 is 0 Å². The van der Waals surface area contributed by atoms with E-state index in [0.29, 0.717) is 23.7 Å². The molecule has 0 radical (unpaired) electrons. The van der Waals surface area contributed by atoms with Gasteiger partial charge in [0.2, 0.25) is 0 Å². The first kappa shape index (κ1) is 16.7. The molecule has 114 valence electrons. The molecule has 2 heterocycles. The molecule has 2 rings (SSSR count).